The predicted molar refractivity (Wildman–Crippen MR) is 117 cm³/mol. The summed E-state index contributed by atoms with van der Waals surface area (Å²) in [6, 6.07) is 8.41. The van der Waals surface area contributed by atoms with Crippen molar-refractivity contribution in [1.82, 2.24) is 15.5 Å². The molecule has 0 bridgehead atoms. The lowest BCUT2D eigenvalue weighted by molar-refractivity contribution is -0.137. The molecule has 2 aliphatic rings. The van der Waals surface area contributed by atoms with Gasteiger partial charge in [-0.1, -0.05) is 44.9 Å². The Bertz CT molecular complexity index is 720. The van der Waals surface area contributed by atoms with Crippen LogP contribution in [0.25, 0.3) is 0 Å². The third-order valence-electron chi connectivity index (χ3n) is 6.32. The molecular weight excluding hydrogens is 378 g/mol. The molecule has 6 nitrogen and oxygen atoms in total. The minimum Gasteiger partial charge on any atom is -0.354 e. The predicted octanol–water partition coefficient (Wildman–Crippen LogP) is 2.99. The van der Waals surface area contributed by atoms with E-state index in [2.05, 4.69) is 10.6 Å². The van der Waals surface area contributed by atoms with E-state index in [4.69, 9.17) is 0 Å². The van der Waals surface area contributed by atoms with Crippen molar-refractivity contribution in [3.05, 3.63) is 35.9 Å². The zero-order valence-corrected chi connectivity index (χ0v) is 18.2. The highest BCUT2D eigenvalue weighted by molar-refractivity contribution is 5.97. The number of rotatable bonds is 7. The summed E-state index contributed by atoms with van der Waals surface area (Å²) in [5.41, 5.74) is 0.549. The van der Waals surface area contributed by atoms with Crippen molar-refractivity contribution in [3.8, 4) is 0 Å². The van der Waals surface area contributed by atoms with E-state index in [9.17, 15) is 14.4 Å². The number of nitrogens with zero attached hydrogens (tertiary/aromatic N) is 1. The zero-order chi connectivity index (χ0) is 21.5. The first-order valence-corrected chi connectivity index (χ1v) is 11.4. The number of carbonyl (C=O) groups is 3. The van der Waals surface area contributed by atoms with Gasteiger partial charge >= 0.3 is 0 Å². The highest BCUT2D eigenvalue weighted by atomic mass is 16.2. The van der Waals surface area contributed by atoms with Crippen LogP contribution in [0, 0.1) is 17.8 Å². The molecule has 2 N–H and O–H groups in total. The Morgan fingerprint density at radius 1 is 1.00 bits per heavy atom. The lowest BCUT2D eigenvalue weighted by Crippen LogP contribution is -2.54. The second-order valence-corrected chi connectivity index (χ2v) is 9.10. The van der Waals surface area contributed by atoms with E-state index in [-0.39, 0.29) is 29.6 Å². The van der Waals surface area contributed by atoms with E-state index >= 15 is 0 Å². The molecule has 6 heteroatoms. The van der Waals surface area contributed by atoms with Crippen LogP contribution in [0.15, 0.2) is 30.3 Å². The van der Waals surface area contributed by atoms with Crippen LogP contribution >= 0.6 is 0 Å². The highest BCUT2D eigenvalue weighted by Gasteiger charge is 2.35. The molecule has 164 valence electrons. The lowest BCUT2D eigenvalue weighted by Gasteiger charge is -2.37. The quantitative estimate of drug-likeness (QED) is 0.721. The molecule has 2 fully saturated rings. The zero-order valence-electron chi connectivity index (χ0n) is 18.2. The van der Waals surface area contributed by atoms with Gasteiger partial charge in [-0.25, -0.2) is 0 Å². The summed E-state index contributed by atoms with van der Waals surface area (Å²) in [6.07, 6.45) is 5.77. The smallest absolute Gasteiger partial charge is 0.251 e. The third-order valence-corrected chi connectivity index (χ3v) is 6.32. The van der Waals surface area contributed by atoms with Crippen molar-refractivity contribution >= 4 is 17.7 Å². The minimum atomic E-state index is -0.583. The van der Waals surface area contributed by atoms with Crippen molar-refractivity contribution < 1.29 is 14.4 Å². The Hall–Kier alpha value is -2.37. The molecule has 1 heterocycles. The first kappa shape index (κ1) is 22.3. The SMILES string of the molecule is CC(C)CNC(=O)[C@H](NC(=O)c1ccccc1)C1CCN(C(=O)C2CCCC2)CC1. The summed E-state index contributed by atoms with van der Waals surface area (Å²) in [6.45, 7) is 6.00. The summed E-state index contributed by atoms with van der Waals surface area (Å²) in [5, 5.41) is 5.95. The Morgan fingerprint density at radius 3 is 2.23 bits per heavy atom. The van der Waals surface area contributed by atoms with E-state index < -0.39 is 6.04 Å². The van der Waals surface area contributed by atoms with Gasteiger partial charge in [0, 0.05) is 31.1 Å². The number of benzene rings is 1. The molecule has 1 atom stereocenters. The highest BCUT2D eigenvalue weighted by Crippen LogP contribution is 2.29. The van der Waals surface area contributed by atoms with E-state index in [1.54, 1.807) is 12.1 Å². The Balaban J connectivity index is 1.63. The van der Waals surface area contributed by atoms with Crippen molar-refractivity contribution in [2.75, 3.05) is 19.6 Å². The van der Waals surface area contributed by atoms with Crippen LogP contribution in [-0.4, -0.2) is 48.3 Å². The maximum Gasteiger partial charge on any atom is 0.251 e. The average Bonchev–Trinajstić information content (AvgIpc) is 3.31. The van der Waals surface area contributed by atoms with E-state index in [0.29, 0.717) is 31.1 Å². The number of carbonyl (C=O) groups excluding carboxylic acids is 3. The number of hydrogen-bond donors (Lipinski definition) is 2. The molecule has 0 spiro atoms. The second kappa shape index (κ2) is 10.6. The summed E-state index contributed by atoms with van der Waals surface area (Å²) in [5.74, 6) is 0.464. The van der Waals surface area contributed by atoms with Gasteiger partial charge in [-0.15, -0.1) is 0 Å². The van der Waals surface area contributed by atoms with Crippen LogP contribution in [-0.2, 0) is 9.59 Å². The molecule has 1 aliphatic heterocycles. The third kappa shape index (κ3) is 5.83. The minimum absolute atomic E-state index is 0.0254. The topological polar surface area (TPSA) is 78.5 Å². The molecule has 1 saturated heterocycles. The summed E-state index contributed by atoms with van der Waals surface area (Å²) in [4.78, 5) is 40.4. The van der Waals surface area contributed by atoms with Gasteiger partial charge in [-0.3, -0.25) is 14.4 Å². The van der Waals surface area contributed by atoms with Gasteiger partial charge in [-0.2, -0.15) is 0 Å². The summed E-state index contributed by atoms with van der Waals surface area (Å²) >= 11 is 0. The molecule has 1 aliphatic carbocycles. The first-order valence-electron chi connectivity index (χ1n) is 11.4. The Kier molecular flexibility index (Phi) is 7.88. The van der Waals surface area contributed by atoms with Gasteiger partial charge < -0.3 is 15.5 Å². The number of likely N-dealkylation sites (tertiary alicyclic amines) is 1. The maximum absolute atomic E-state index is 12.9. The van der Waals surface area contributed by atoms with Crippen LogP contribution in [0.1, 0.15) is 62.7 Å². The molecule has 1 aromatic rings. The van der Waals surface area contributed by atoms with E-state index in [1.807, 2.05) is 36.9 Å². The molecule has 3 amide bonds. The van der Waals surface area contributed by atoms with Crippen molar-refractivity contribution in [2.45, 2.75) is 58.4 Å². The summed E-state index contributed by atoms with van der Waals surface area (Å²) in [7, 11) is 0. The molecule has 0 aromatic heterocycles. The fourth-order valence-corrected chi connectivity index (χ4v) is 4.51. The normalized spacial score (nSPS) is 19.0. The van der Waals surface area contributed by atoms with Gasteiger partial charge in [0.1, 0.15) is 6.04 Å². The molecular formula is C24H35N3O3. The van der Waals surface area contributed by atoms with Crippen LogP contribution in [0.5, 0.6) is 0 Å². The largest absolute Gasteiger partial charge is 0.354 e. The molecule has 0 unspecified atom stereocenters. The average molecular weight is 414 g/mol. The number of amides is 3. The number of piperidine rings is 1. The first-order chi connectivity index (χ1) is 14.5. The fourth-order valence-electron chi connectivity index (χ4n) is 4.51. The van der Waals surface area contributed by atoms with Crippen molar-refractivity contribution in [1.29, 1.82) is 0 Å². The molecule has 0 radical (unpaired) electrons. The lowest BCUT2D eigenvalue weighted by atomic mass is 9.87. The fraction of sp³-hybridized carbons (Fsp3) is 0.625. The standard InChI is InChI=1S/C24H35N3O3/c1-17(2)16-25-23(29)21(26-22(28)19-8-4-3-5-9-19)18-12-14-27(15-13-18)24(30)20-10-6-7-11-20/h3-5,8-9,17-18,20-21H,6-7,10-16H2,1-2H3,(H,25,29)(H,26,28)/t21-/m1/s1. The molecule has 30 heavy (non-hydrogen) atoms. The van der Waals surface area contributed by atoms with E-state index in [0.717, 1.165) is 38.5 Å². The van der Waals surface area contributed by atoms with Gasteiger partial charge in [-0.05, 0) is 49.7 Å². The van der Waals surface area contributed by atoms with Gasteiger partial charge in [0.05, 0.1) is 0 Å². The van der Waals surface area contributed by atoms with Gasteiger partial charge in [0.25, 0.3) is 5.91 Å². The van der Waals surface area contributed by atoms with Crippen LogP contribution in [0.3, 0.4) is 0 Å². The molecule has 3 rings (SSSR count). The van der Waals surface area contributed by atoms with Crippen LogP contribution in [0.4, 0.5) is 0 Å². The van der Waals surface area contributed by atoms with Crippen molar-refractivity contribution in [3.63, 3.8) is 0 Å². The Morgan fingerprint density at radius 2 is 1.63 bits per heavy atom. The molecule has 1 aromatic carbocycles. The number of nitrogens with one attached hydrogen (secondary N) is 2. The maximum atomic E-state index is 12.9. The van der Waals surface area contributed by atoms with Crippen LogP contribution in [0.2, 0.25) is 0 Å². The van der Waals surface area contributed by atoms with Crippen molar-refractivity contribution in [2.24, 2.45) is 17.8 Å². The monoisotopic (exact) mass is 413 g/mol. The number of hydrogen-bond acceptors (Lipinski definition) is 3. The van der Waals surface area contributed by atoms with E-state index in [1.165, 1.54) is 0 Å². The van der Waals surface area contributed by atoms with Crippen LogP contribution < -0.4 is 10.6 Å². The van der Waals surface area contributed by atoms with Gasteiger partial charge in [0.15, 0.2) is 0 Å². The summed E-state index contributed by atoms with van der Waals surface area (Å²) < 4.78 is 0. The Labute approximate surface area is 179 Å². The van der Waals surface area contributed by atoms with Gasteiger partial charge in [0.2, 0.25) is 11.8 Å². The molecule has 1 saturated carbocycles. The second-order valence-electron chi connectivity index (χ2n) is 9.10.